The van der Waals surface area contributed by atoms with Crippen LogP contribution in [0.2, 0.25) is 0 Å². The Morgan fingerprint density at radius 2 is 1.32 bits per heavy atom. The second kappa shape index (κ2) is 17.0. The van der Waals surface area contributed by atoms with Gasteiger partial charge in [0.05, 0.1) is 28.0 Å². The van der Waals surface area contributed by atoms with Gasteiger partial charge in [0.15, 0.2) is 0 Å². The number of nitrogens with two attached hydrogens (primary N) is 1. The van der Waals surface area contributed by atoms with Gasteiger partial charge in [-0.15, -0.1) is 11.3 Å². The number of thiophene rings is 1. The van der Waals surface area contributed by atoms with Gasteiger partial charge in [0, 0.05) is 43.3 Å². The monoisotopic (exact) mass is 783 g/mol. The van der Waals surface area contributed by atoms with Crippen LogP contribution in [0.5, 0.6) is 0 Å². The molecule has 9 aromatic rings. The summed E-state index contributed by atoms with van der Waals surface area (Å²) in [4.78, 5) is 11.6. The maximum Gasteiger partial charge on any atom is 0.140 e. The van der Waals surface area contributed by atoms with Gasteiger partial charge in [-0.3, -0.25) is 9.98 Å². The van der Waals surface area contributed by atoms with E-state index in [1.54, 1.807) is 11.3 Å². The number of hydrogen-bond acceptors (Lipinski definition) is 5. The topological polar surface area (TPSA) is 63.9 Å². The lowest BCUT2D eigenvalue weighted by molar-refractivity contribution is 0.655. The molecule has 2 heterocycles. The molecule has 0 bridgehead atoms. The van der Waals surface area contributed by atoms with E-state index in [9.17, 15) is 0 Å². The summed E-state index contributed by atoms with van der Waals surface area (Å²) in [6.45, 7) is 4.23. The Hall–Kier alpha value is -6.82. The van der Waals surface area contributed by atoms with Crippen LogP contribution in [0, 0.1) is 0 Å². The summed E-state index contributed by atoms with van der Waals surface area (Å²) in [5.41, 5.74) is 20.0. The van der Waals surface area contributed by atoms with Crippen LogP contribution in [0.3, 0.4) is 0 Å². The summed E-state index contributed by atoms with van der Waals surface area (Å²) in [7, 11) is 0. The van der Waals surface area contributed by atoms with E-state index in [-0.39, 0.29) is 6.04 Å². The molecule has 2 aromatic heterocycles. The van der Waals surface area contributed by atoms with Crippen molar-refractivity contribution in [1.82, 2.24) is 0 Å². The summed E-state index contributed by atoms with van der Waals surface area (Å²) in [5.74, 6) is 0. The molecule has 4 nitrogen and oxygen atoms in total. The number of fused-ring (bicyclic) bond motifs is 4. The summed E-state index contributed by atoms with van der Waals surface area (Å²) in [5, 5.41) is 3.22. The van der Waals surface area contributed by atoms with Crippen molar-refractivity contribution >= 4 is 66.2 Å². The number of rotatable bonds is 12. The van der Waals surface area contributed by atoms with Crippen LogP contribution >= 0.6 is 11.3 Å². The normalized spacial score (nSPS) is 13.1. The predicted molar refractivity (Wildman–Crippen MR) is 252 cm³/mol. The average molecular weight is 784 g/mol. The molecule has 0 aliphatic carbocycles. The molecule has 2 N–H and O–H groups in total. The zero-order chi connectivity index (χ0) is 40.1. The van der Waals surface area contributed by atoms with E-state index in [0.29, 0.717) is 0 Å². The first kappa shape index (κ1) is 37.7. The van der Waals surface area contributed by atoms with E-state index in [1.165, 1.54) is 5.56 Å². The minimum Gasteiger partial charge on any atom is -0.456 e. The van der Waals surface area contributed by atoms with Crippen molar-refractivity contribution in [2.75, 3.05) is 5.73 Å². The lowest BCUT2D eigenvalue weighted by atomic mass is 9.99. The molecule has 0 fully saturated rings. The largest absolute Gasteiger partial charge is 0.456 e. The fourth-order valence-electron chi connectivity index (χ4n) is 7.89. The van der Waals surface area contributed by atoms with Gasteiger partial charge in [-0.1, -0.05) is 158 Å². The Balaban J connectivity index is 1.06. The van der Waals surface area contributed by atoms with Crippen molar-refractivity contribution < 1.29 is 4.42 Å². The van der Waals surface area contributed by atoms with Gasteiger partial charge in [-0.05, 0) is 79.6 Å². The minimum absolute atomic E-state index is 0.201. The average Bonchev–Trinajstić information content (AvgIpc) is 3.84. The van der Waals surface area contributed by atoms with Crippen molar-refractivity contribution in [1.29, 1.82) is 0 Å². The minimum atomic E-state index is -0.201. The Kier molecular flexibility index (Phi) is 10.8. The smallest absolute Gasteiger partial charge is 0.140 e. The molecule has 0 aliphatic rings. The highest BCUT2D eigenvalue weighted by atomic mass is 32.1. The number of nitrogens with zero attached hydrogens (tertiary/aromatic N) is 2. The standard InChI is InChI=1S/C54H45N3OS/c1-36(39-21-8-4-9-22-39)56-48(30-14-12-20-38-18-6-3-7-19-38)43-26-16-25-41(34-43)42-32-33-45-46-29-17-28-44(53(46)58-49(45)35-42)37(2)57-52(40-23-10-5-11-24-40)54-51(55)47-27-13-15-31-50(47)59-54/h3-11,13,15-19,21-35,37H,12,14,20,55H2,1-2H3/b48-30+,56-36?,57-52?. The SMILES string of the molecule is CC(=N/C(=C/CCCc1ccccc1)c1cccc(-c2ccc3c(c2)oc2c(C(C)N=C(c4ccccc4)c4sc5ccccc5c4N)cccc23)c1)c1ccccc1. The van der Waals surface area contributed by atoms with Gasteiger partial charge in [0.2, 0.25) is 0 Å². The molecule has 59 heavy (non-hydrogen) atoms. The van der Waals surface area contributed by atoms with Crippen LogP contribution < -0.4 is 5.73 Å². The number of allylic oxidation sites excluding steroid dienone is 1. The van der Waals surface area contributed by atoms with Gasteiger partial charge in [0.25, 0.3) is 0 Å². The zero-order valence-corrected chi connectivity index (χ0v) is 34.1. The van der Waals surface area contributed by atoms with Gasteiger partial charge in [-0.25, -0.2) is 0 Å². The van der Waals surface area contributed by atoms with Crippen molar-refractivity contribution in [3.8, 4) is 11.1 Å². The number of para-hydroxylation sites is 1. The molecule has 288 valence electrons. The molecule has 1 atom stereocenters. The summed E-state index contributed by atoms with van der Waals surface area (Å²) in [6, 6.07) is 61.2. The Morgan fingerprint density at radius 3 is 2.10 bits per heavy atom. The Labute approximate surface area is 349 Å². The number of benzene rings is 7. The molecule has 5 heteroatoms. The molecular formula is C54H45N3OS. The molecule has 7 aromatic carbocycles. The maximum absolute atomic E-state index is 6.82. The van der Waals surface area contributed by atoms with E-state index in [0.717, 1.165) is 112 Å². The molecule has 0 amide bonds. The number of furan rings is 1. The van der Waals surface area contributed by atoms with E-state index >= 15 is 0 Å². The third kappa shape index (κ3) is 8.03. The Bertz CT molecular complexity index is 2990. The molecule has 0 radical (unpaired) electrons. The van der Waals surface area contributed by atoms with Crippen LogP contribution in [0.1, 0.15) is 65.4 Å². The molecule has 0 aliphatic heterocycles. The zero-order valence-electron chi connectivity index (χ0n) is 33.3. The molecule has 0 saturated heterocycles. The number of anilines is 1. The lowest BCUT2D eigenvalue weighted by Crippen LogP contribution is -2.06. The molecule has 1 unspecified atom stereocenters. The third-order valence-electron chi connectivity index (χ3n) is 11.0. The first-order chi connectivity index (χ1) is 29.0. The predicted octanol–water partition coefficient (Wildman–Crippen LogP) is 14.5. The van der Waals surface area contributed by atoms with Gasteiger partial charge in [-0.2, -0.15) is 0 Å². The van der Waals surface area contributed by atoms with Crippen molar-refractivity contribution in [3.63, 3.8) is 0 Å². The first-order valence-electron chi connectivity index (χ1n) is 20.3. The highest BCUT2D eigenvalue weighted by molar-refractivity contribution is 7.21. The fourth-order valence-corrected chi connectivity index (χ4v) is 9.04. The third-order valence-corrected chi connectivity index (χ3v) is 12.2. The fraction of sp³-hybridized carbons (Fsp3) is 0.111. The lowest BCUT2D eigenvalue weighted by Gasteiger charge is -2.12. The number of hydrogen-bond donors (Lipinski definition) is 1. The number of aliphatic imine (C=N–C) groups is 2. The summed E-state index contributed by atoms with van der Waals surface area (Å²) < 4.78 is 7.94. The quantitative estimate of drug-likeness (QED) is 0.0991. The number of unbranched alkanes of at least 4 members (excludes halogenated alkanes) is 1. The van der Waals surface area contributed by atoms with E-state index in [1.807, 2.05) is 18.2 Å². The van der Waals surface area contributed by atoms with Crippen LogP contribution in [0.15, 0.2) is 196 Å². The van der Waals surface area contributed by atoms with Gasteiger partial charge in [0.1, 0.15) is 11.2 Å². The van der Waals surface area contributed by atoms with Crippen LogP contribution in [0.25, 0.3) is 48.8 Å². The molecular weight excluding hydrogens is 739 g/mol. The number of aryl methyl sites for hydroxylation is 1. The maximum atomic E-state index is 6.82. The van der Waals surface area contributed by atoms with E-state index < -0.39 is 0 Å². The molecule has 0 saturated carbocycles. The Morgan fingerprint density at radius 1 is 0.661 bits per heavy atom. The van der Waals surface area contributed by atoms with Crippen LogP contribution in [-0.2, 0) is 6.42 Å². The number of nitrogen functional groups attached to an aromatic ring is 1. The van der Waals surface area contributed by atoms with E-state index in [4.69, 9.17) is 20.1 Å². The highest BCUT2D eigenvalue weighted by Crippen LogP contribution is 2.39. The second-order valence-electron chi connectivity index (χ2n) is 15.0. The molecule has 0 spiro atoms. The second-order valence-corrected chi connectivity index (χ2v) is 16.1. The van der Waals surface area contributed by atoms with Crippen LogP contribution in [0.4, 0.5) is 5.69 Å². The van der Waals surface area contributed by atoms with Crippen molar-refractivity contribution in [3.05, 3.63) is 215 Å². The van der Waals surface area contributed by atoms with Gasteiger partial charge >= 0.3 is 0 Å². The van der Waals surface area contributed by atoms with E-state index in [2.05, 4.69) is 178 Å². The molecule has 9 rings (SSSR count). The van der Waals surface area contributed by atoms with Crippen LogP contribution in [-0.4, -0.2) is 11.4 Å². The van der Waals surface area contributed by atoms with Crippen molar-refractivity contribution in [2.45, 2.75) is 39.2 Å². The van der Waals surface area contributed by atoms with Gasteiger partial charge < -0.3 is 10.2 Å². The highest BCUT2D eigenvalue weighted by Gasteiger charge is 2.20. The summed E-state index contributed by atoms with van der Waals surface area (Å²) in [6.07, 6.45) is 5.31. The summed E-state index contributed by atoms with van der Waals surface area (Å²) >= 11 is 1.69. The first-order valence-corrected chi connectivity index (χ1v) is 21.1. The van der Waals surface area contributed by atoms with Crippen molar-refractivity contribution in [2.24, 2.45) is 9.98 Å².